The molecule has 3 heteroatoms. The second kappa shape index (κ2) is 13.4. The summed E-state index contributed by atoms with van der Waals surface area (Å²) in [5.74, 6) is 1.85. The highest BCUT2D eigenvalue weighted by Gasteiger charge is 2.53. The minimum atomic E-state index is -0.504. The molecular formula is C56H39N3. The lowest BCUT2D eigenvalue weighted by Crippen LogP contribution is -2.39. The van der Waals surface area contributed by atoms with Crippen molar-refractivity contribution in [2.45, 2.75) is 18.0 Å². The van der Waals surface area contributed by atoms with Crippen molar-refractivity contribution in [1.82, 2.24) is 5.32 Å². The topological polar surface area (TPSA) is 36.8 Å². The van der Waals surface area contributed by atoms with Crippen LogP contribution < -0.4 is 5.32 Å². The zero-order valence-electron chi connectivity index (χ0n) is 32.4. The molecule has 1 heterocycles. The molecular weight excluding hydrogens is 715 g/mol. The zero-order chi connectivity index (χ0) is 38.9. The van der Waals surface area contributed by atoms with Gasteiger partial charge in [0.25, 0.3) is 0 Å². The average Bonchev–Trinajstić information content (AvgIpc) is 3.80. The number of allylic oxidation sites excluding steroid dienone is 3. The molecule has 3 aliphatic carbocycles. The lowest BCUT2D eigenvalue weighted by molar-refractivity contribution is 0.721. The summed E-state index contributed by atoms with van der Waals surface area (Å²) in [4.78, 5) is 10.4. The highest BCUT2D eigenvalue weighted by molar-refractivity contribution is 6.12. The van der Waals surface area contributed by atoms with Gasteiger partial charge in [0.2, 0.25) is 0 Å². The van der Waals surface area contributed by atoms with Crippen LogP contribution in [0.1, 0.15) is 51.5 Å². The van der Waals surface area contributed by atoms with E-state index in [0.717, 1.165) is 29.2 Å². The molecule has 8 aromatic rings. The molecule has 0 radical (unpaired) electrons. The molecule has 12 rings (SSSR count). The molecule has 0 bridgehead atoms. The summed E-state index contributed by atoms with van der Waals surface area (Å²) < 4.78 is 0. The highest BCUT2D eigenvalue weighted by Crippen LogP contribution is 2.65. The minimum Gasteiger partial charge on any atom is -0.328 e. The third-order valence-electron chi connectivity index (χ3n) is 12.8. The van der Waals surface area contributed by atoms with Crippen molar-refractivity contribution < 1.29 is 0 Å². The van der Waals surface area contributed by atoms with Gasteiger partial charge in [-0.1, -0.05) is 194 Å². The van der Waals surface area contributed by atoms with Crippen LogP contribution in [-0.4, -0.2) is 11.7 Å². The van der Waals surface area contributed by atoms with Gasteiger partial charge in [0.05, 0.1) is 5.41 Å². The summed E-state index contributed by atoms with van der Waals surface area (Å²) in [6.45, 7) is 0. The van der Waals surface area contributed by atoms with Gasteiger partial charge in [0.1, 0.15) is 11.7 Å². The molecule has 0 amide bonds. The summed E-state index contributed by atoms with van der Waals surface area (Å²) in [7, 11) is 0. The Morgan fingerprint density at radius 1 is 0.508 bits per heavy atom. The molecule has 0 fully saturated rings. The van der Waals surface area contributed by atoms with Crippen LogP contribution in [0.15, 0.2) is 216 Å². The first-order valence-electron chi connectivity index (χ1n) is 20.6. The van der Waals surface area contributed by atoms with Crippen LogP contribution in [0, 0.1) is 5.92 Å². The van der Waals surface area contributed by atoms with Gasteiger partial charge < -0.3 is 5.32 Å². The number of benzene rings is 8. The second-order valence-corrected chi connectivity index (χ2v) is 16.0. The molecule has 4 aliphatic rings. The van der Waals surface area contributed by atoms with Crippen molar-refractivity contribution in [3.05, 3.63) is 245 Å². The fourth-order valence-electron chi connectivity index (χ4n) is 10.3. The lowest BCUT2D eigenvalue weighted by Gasteiger charge is -2.32. The van der Waals surface area contributed by atoms with E-state index in [2.05, 4.69) is 199 Å². The number of rotatable bonds is 5. The summed E-state index contributed by atoms with van der Waals surface area (Å²) in [5, 5.41) is 6.24. The molecule has 2 atom stereocenters. The smallest absolute Gasteiger partial charge is 0.169 e. The van der Waals surface area contributed by atoms with E-state index in [4.69, 9.17) is 9.98 Å². The normalized spacial score (nSPS) is 17.9. The van der Waals surface area contributed by atoms with E-state index in [0.29, 0.717) is 0 Å². The Bertz CT molecular complexity index is 3050. The van der Waals surface area contributed by atoms with E-state index >= 15 is 0 Å². The molecule has 59 heavy (non-hydrogen) atoms. The molecule has 1 aliphatic heterocycles. The van der Waals surface area contributed by atoms with Crippen LogP contribution in [0.25, 0.3) is 49.7 Å². The van der Waals surface area contributed by atoms with Gasteiger partial charge in [-0.15, -0.1) is 0 Å². The second-order valence-electron chi connectivity index (χ2n) is 16.0. The lowest BCUT2D eigenvalue weighted by atomic mass is 9.68. The number of hydrogen-bond donors (Lipinski definition) is 1. The Hall–Kier alpha value is -7.36. The van der Waals surface area contributed by atoms with Gasteiger partial charge >= 0.3 is 0 Å². The van der Waals surface area contributed by atoms with Gasteiger partial charge in [-0.2, -0.15) is 0 Å². The van der Waals surface area contributed by atoms with Gasteiger partial charge in [0.15, 0.2) is 6.17 Å². The summed E-state index contributed by atoms with van der Waals surface area (Å²) in [5.41, 5.74) is 17.2. The number of fused-ring (bicyclic) bond motifs is 12. The van der Waals surface area contributed by atoms with Crippen molar-refractivity contribution in [3.63, 3.8) is 0 Å². The maximum absolute atomic E-state index is 5.28. The van der Waals surface area contributed by atoms with Crippen LogP contribution in [0.2, 0.25) is 0 Å². The van der Waals surface area contributed by atoms with Crippen LogP contribution in [0.3, 0.4) is 0 Å². The predicted octanol–water partition coefficient (Wildman–Crippen LogP) is 13.0. The summed E-state index contributed by atoms with van der Waals surface area (Å²) in [6, 6.07) is 68.7. The summed E-state index contributed by atoms with van der Waals surface area (Å²) >= 11 is 0. The number of amidine groups is 2. The largest absolute Gasteiger partial charge is 0.328 e. The molecule has 1 N–H and O–H groups in total. The minimum absolute atomic E-state index is 0.0522. The summed E-state index contributed by atoms with van der Waals surface area (Å²) in [6.07, 6.45) is 7.57. The van der Waals surface area contributed by atoms with Gasteiger partial charge in [-0.05, 0) is 102 Å². The average molecular weight is 754 g/mol. The van der Waals surface area contributed by atoms with Gasteiger partial charge in [0, 0.05) is 11.5 Å². The Balaban J connectivity index is 1.06. The monoisotopic (exact) mass is 753 g/mol. The van der Waals surface area contributed by atoms with Crippen LogP contribution in [-0.2, 0) is 5.41 Å². The van der Waals surface area contributed by atoms with Crippen LogP contribution >= 0.6 is 0 Å². The SMILES string of the molecule is C1=CC(c2ccc3c(c2)C2(c4ccccc4-c4ccccc42)c2c-3c(-c3ccccc3)cc3ccccc23)=CC(C2=NC(c3ccccc3)N=C(c3ccccc3)N2)C1. The van der Waals surface area contributed by atoms with Gasteiger partial charge in [-0.25, -0.2) is 9.98 Å². The van der Waals surface area contributed by atoms with Crippen LogP contribution in [0.4, 0.5) is 0 Å². The molecule has 0 aromatic heterocycles. The van der Waals surface area contributed by atoms with Gasteiger partial charge in [-0.3, -0.25) is 0 Å². The van der Waals surface area contributed by atoms with Crippen LogP contribution in [0.5, 0.6) is 0 Å². The van der Waals surface area contributed by atoms with Crippen molar-refractivity contribution in [3.8, 4) is 33.4 Å². The number of hydrogen-bond acceptors (Lipinski definition) is 3. The first kappa shape index (κ1) is 33.7. The fourth-order valence-corrected chi connectivity index (χ4v) is 10.3. The first-order valence-corrected chi connectivity index (χ1v) is 20.6. The van der Waals surface area contributed by atoms with Crippen molar-refractivity contribution in [2.24, 2.45) is 15.9 Å². The van der Waals surface area contributed by atoms with Crippen molar-refractivity contribution >= 4 is 28.0 Å². The van der Waals surface area contributed by atoms with E-state index < -0.39 is 5.41 Å². The molecule has 278 valence electrons. The molecule has 1 spiro atoms. The van der Waals surface area contributed by atoms with E-state index in [1.165, 1.54) is 77.5 Å². The van der Waals surface area contributed by atoms with Crippen molar-refractivity contribution in [2.75, 3.05) is 0 Å². The van der Waals surface area contributed by atoms with E-state index in [-0.39, 0.29) is 12.1 Å². The maximum atomic E-state index is 5.28. The Morgan fingerprint density at radius 3 is 1.90 bits per heavy atom. The molecule has 8 aromatic carbocycles. The standard InChI is InChI=1S/C56H39N3/c1-4-17-36(18-5-1)47-34-41-23-10-11-26-43(41)52-51(47)46-32-31-40(35-50(46)56(52)48-29-14-12-27-44(48)45-28-13-15-30-49(45)56)39-24-16-25-42(33-39)55-58-53(37-19-6-2-7-20-37)57-54(59-55)38-21-8-3-9-22-38/h1-24,26-35,42,53H,25H2,(H,57,58,59). The Morgan fingerprint density at radius 2 is 1.15 bits per heavy atom. The number of nitrogens with one attached hydrogen (secondary N) is 1. The number of nitrogens with zero attached hydrogens (tertiary/aromatic N) is 2. The maximum Gasteiger partial charge on any atom is 0.169 e. The van der Waals surface area contributed by atoms with E-state index in [9.17, 15) is 0 Å². The predicted molar refractivity (Wildman–Crippen MR) is 244 cm³/mol. The fraction of sp³-hybridized carbons (Fsp3) is 0.0714. The molecule has 0 saturated heterocycles. The van der Waals surface area contributed by atoms with Crippen molar-refractivity contribution in [1.29, 1.82) is 0 Å². The highest BCUT2D eigenvalue weighted by atomic mass is 15.2. The quantitative estimate of drug-likeness (QED) is 0.187. The first-order chi connectivity index (χ1) is 29.3. The van der Waals surface area contributed by atoms with E-state index in [1.807, 2.05) is 12.1 Å². The zero-order valence-corrected chi connectivity index (χ0v) is 32.4. The Kier molecular flexibility index (Phi) is 7.64. The number of aliphatic imine (C=N–C) groups is 2. The molecule has 3 nitrogen and oxygen atoms in total. The Labute approximate surface area is 344 Å². The molecule has 2 unspecified atom stereocenters. The molecule has 0 saturated carbocycles. The third-order valence-corrected chi connectivity index (χ3v) is 12.8. The third kappa shape index (κ3) is 5.14. The van der Waals surface area contributed by atoms with E-state index in [1.54, 1.807) is 0 Å².